The minimum atomic E-state index is 1.24. The van der Waals surface area contributed by atoms with Crippen molar-refractivity contribution in [2.45, 2.75) is 124 Å². The number of rotatable bonds is 19. The van der Waals surface area contributed by atoms with Gasteiger partial charge in [-0.25, -0.2) is 0 Å². The molecule has 0 bridgehead atoms. The maximum atomic E-state index is 2.67. The average molecular weight is 326 g/mol. The molecule has 0 aromatic heterocycles. The minimum Gasteiger partial charge on any atom is -0.304 e. The first-order valence-corrected chi connectivity index (χ1v) is 11.1. The standard InChI is InChI=1S/C22H47N/c1-4-7-9-11-13-14-15-16-18-20-22-23(6-3)21-19-17-12-10-8-5-2/h4-22H2,1-3H3. The number of hydrogen-bond donors (Lipinski definition) is 0. The Morgan fingerprint density at radius 1 is 0.391 bits per heavy atom. The maximum absolute atomic E-state index is 2.67. The van der Waals surface area contributed by atoms with Crippen LogP contribution in [-0.2, 0) is 0 Å². The smallest absolute Gasteiger partial charge is 0.00189 e. The lowest BCUT2D eigenvalue weighted by atomic mass is 10.1. The van der Waals surface area contributed by atoms with Crippen LogP contribution in [0.25, 0.3) is 0 Å². The van der Waals surface area contributed by atoms with Crippen LogP contribution in [0.1, 0.15) is 124 Å². The molecule has 0 aliphatic carbocycles. The Hall–Kier alpha value is -0.0400. The van der Waals surface area contributed by atoms with E-state index in [-0.39, 0.29) is 0 Å². The highest BCUT2D eigenvalue weighted by atomic mass is 15.1. The lowest BCUT2D eigenvalue weighted by Crippen LogP contribution is -2.25. The molecule has 0 aliphatic rings. The van der Waals surface area contributed by atoms with E-state index in [2.05, 4.69) is 25.7 Å². The highest BCUT2D eigenvalue weighted by molar-refractivity contribution is 4.57. The molecular formula is C22H47N. The molecule has 1 nitrogen and oxygen atoms in total. The van der Waals surface area contributed by atoms with Gasteiger partial charge in [0.2, 0.25) is 0 Å². The van der Waals surface area contributed by atoms with Crippen molar-refractivity contribution in [1.29, 1.82) is 0 Å². The van der Waals surface area contributed by atoms with Gasteiger partial charge in [-0.2, -0.15) is 0 Å². The van der Waals surface area contributed by atoms with Crippen molar-refractivity contribution in [2.24, 2.45) is 0 Å². The Labute approximate surface area is 148 Å². The quantitative estimate of drug-likeness (QED) is 0.221. The summed E-state index contributed by atoms with van der Waals surface area (Å²) in [5, 5.41) is 0. The molecule has 0 aliphatic heterocycles. The largest absolute Gasteiger partial charge is 0.304 e. The van der Waals surface area contributed by atoms with Gasteiger partial charge in [-0.1, -0.05) is 111 Å². The van der Waals surface area contributed by atoms with Gasteiger partial charge >= 0.3 is 0 Å². The van der Waals surface area contributed by atoms with Gasteiger partial charge in [0.05, 0.1) is 0 Å². The summed E-state index contributed by atoms with van der Waals surface area (Å²) in [7, 11) is 0. The zero-order chi connectivity index (χ0) is 17.0. The fourth-order valence-electron chi connectivity index (χ4n) is 3.37. The normalized spacial score (nSPS) is 11.5. The molecule has 0 fully saturated rings. The summed E-state index contributed by atoms with van der Waals surface area (Å²) in [6.45, 7) is 10.8. The average Bonchev–Trinajstić information content (AvgIpc) is 2.57. The van der Waals surface area contributed by atoms with Crippen LogP contribution in [0.15, 0.2) is 0 Å². The summed E-state index contributed by atoms with van der Waals surface area (Å²) in [4.78, 5) is 2.67. The summed E-state index contributed by atoms with van der Waals surface area (Å²) in [5.74, 6) is 0. The Kier molecular flexibility index (Phi) is 20.0. The van der Waals surface area contributed by atoms with Crippen molar-refractivity contribution >= 4 is 0 Å². The molecule has 0 rings (SSSR count). The number of hydrogen-bond acceptors (Lipinski definition) is 1. The van der Waals surface area contributed by atoms with E-state index in [1.807, 2.05) is 0 Å². The summed E-state index contributed by atoms with van der Waals surface area (Å²) in [6.07, 6.45) is 23.0. The Bertz CT molecular complexity index is 202. The summed E-state index contributed by atoms with van der Waals surface area (Å²) < 4.78 is 0. The van der Waals surface area contributed by atoms with Gasteiger partial charge < -0.3 is 4.90 Å². The van der Waals surface area contributed by atoms with Crippen molar-refractivity contribution in [3.8, 4) is 0 Å². The van der Waals surface area contributed by atoms with Crippen molar-refractivity contribution in [2.75, 3.05) is 19.6 Å². The third kappa shape index (κ3) is 18.1. The molecular weight excluding hydrogens is 278 g/mol. The second-order valence-electron chi connectivity index (χ2n) is 7.38. The third-order valence-electron chi connectivity index (χ3n) is 5.10. The van der Waals surface area contributed by atoms with E-state index < -0.39 is 0 Å². The van der Waals surface area contributed by atoms with Crippen LogP contribution in [0.5, 0.6) is 0 Å². The molecule has 0 amide bonds. The SMILES string of the molecule is CCCCCCCCCCCCN(CC)CCCCCCCC. The predicted octanol–water partition coefficient (Wildman–Crippen LogP) is 7.59. The highest BCUT2D eigenvalue weighted by Gasteiger charge is 2.01. The van der Waals surface area contributed by atoms with Crippen LogP contribution in [0.4, 0.5) is 0 Å². The van der Waals surface area contributed by atoms with Crippen LogP contribution >= 0.6 is 0 Å². The lowest BCUT2D eigenvalue weighted by molar-refractivity contribution is 0.273. The zero-order valence-electron chi connectivity index (χ0n) is 16.9. The topological polar surface area (TPSA) is 3.24 Å². The van der Waals surface area contributed by atoms with Crippen molar-refractivity contribution in [3.05, 3.63) is 0 Å². The Morgan fingerprint density at radius 2 is 0.696 bits per heavy atom. The molecule has 1 heteroatoms. The van der Waals surface area contributed by atoms with Crippen LogP contribution < -0.4 is 0 Å². The van der Waals surface area contributed by atoms with E-state index in [9.17, 15) is 0 Å². The highest BCUT2D eigenvalue weighted by Crippen LogP contribution is 2.11. The predicted molar refractivity (Wildman–Crippen MR) is 107 cm³/mol. The van der Waals surface area contributed by atoms with Crippen molar-refractivity contribution in [1.82, 2.24) is 4.90 Å². The van der Waals surface area contributed by atoms with Crippen LogP contribution in [0, 0.1) is 0 Å². The second kappa shape index (κ2) is 20.0. The monoisotopic (exact) mass is 325 g/mol. The van der Waals surface area contributed by atoms with Crippen LogP contribution in [0.3, 0.4) is 0 Å². The number of nitrogens with zero attached hydrogens (tertiary/aromatic N) is 1. The third-order valence-corrected chi connectivity index (χ3v) is 5.10. The van der Waals surface area contributed by atoms with Gasteiger partial charge in [0.15, 0.2) is 0 Å². The minimum absolute atomic E-state index is 1.24. The van der Waals surface area contributed by atoms with E-state index in [0.29, 0.717) is 0 Å². The van der Waals surface area contributed by atoms with Gasteiger partial charge in [0.1, 0.15) is 0 Å². The molecule has 0 saturated carbocycles. The van der Waals surface area contributed by atoms with Gasteiger partial charge in [-0.3, -0.25) is 0 Å². The molecule has 0 heterocycles. The fourth-order valence-corrected chi connectivity index (χ4v) is 3.37. The molecule has 23 heavy (non-hydrogen) atoms. The summed E-state index contributed by atoms with van der Waals surface area (Å²) in [6, 6.07) is 0. The summed E-state index contributed by atoms with van der Waals surface area (Å²) >= 11 is 0. The van der Waals surface area contributed by atoms with E-state index in [1.54, 1.807) is 0 Å². The first-order chi connectivity index (χ1) is 11.3. The molecule has 0 N–H and O–H groups in total. The second-order valence-corrected chi connectivity index (χ2v) is 7.38. The summed E-state index contributed by atoms with van der Waals surface area (Å²) in [5.41, 5.74) is 0. The Morgan fingerprint density at radius 3 is 1.00 bits per heavy atom. The van der Waals surface area contributed by atoms with E-state index in [0.717, 1.165) is 0 Å². The van der Waals surface area contributed by atoms with Crippen LogP contribution in [-0.4, -0.2) is 24.5 Å². The Balaban J connectivity index is 3.26. The number of unbranched alkanes of at least 4 members (excludes halogenated alkanes) is 14. The van der Waals surface area contributed by atoms with Gasteiger partial charge in [-0.15, -0.1) is 0 Å². The molecule has 0 saturated heterocycles. The maximum Gasteiger partial charge on any atom is -0.00189 e. The molecule has 0 unspecified atom stereocenters. The lowest BCUT2D eigenvalue weighted by Gasteiger charge is -2.20. The molecule has 0 radical (unpaired) electrons. The molecule has 0 spiro atoms. The van der Waals surface area contributed by atoms with E-state index in [4.69, 9.17) is 0 Å². The molecule has 0 atom stereocenters. The van der Waals surface area contributed by atoms with E-state index in [1.165, 1.54) is 122 Å². The molecule has 0 aromatic carbocycles. The van der Waals surface area contributed by atoms with E-state index >= 15 is 0 Å². The van der Waals surface area contributed by atoms with Gasteiger partial charge in [0, 0.05) is 0 Å². The van der Waals surface area contributed by atoms with Gasteiger partial charge in [0.25, 0.3) is 0 Å². The molecule has 140 valence electrons. The molecule has 0 aromatic rings. The fraction of sp³-hybridized carbons (Fsp3) is 1.00. The van der Waals surface area contributed by atoms with Crippen molar-refractivity contribution < 1.29 is 0 Å². The van der Waals surface area contributed by atoms with Crippen molar-refractivity contribution in [3.63, 3.8) is 0 Å². The zero-order valence-corrected chi connectivity index (χ0v) is 16.9. The first-order valence-electron chi connectivity index (χ1n) is 11.1. The van der Waals surface area contributed by atoms with Gasteiger partial charge in [-0.05, 0) is 32.5 Å². The van der Waals surface area contributed by atoms with Crippen LogP contribution in [0.2, 0.25) is 0 Å². The first kappa shape index (κ1) is 23.0.